The molecule has 0 heterocycles. The Morgan fingerprint density at radius 2 is 1.75 bits per heavy atom. The Balaban J connectivity index is 3.44. The minimum absolute atomic E-state index is 0.0390. The van der Waals surface area contributed by atoms with E-state index in [9.17, 15) is 18.5 Å². The molecule has 0 saturated carbocycles. The summed E-state index contributed by atoms with van der Waals surface area (Å²) in [7, 11) is -4.89. The van der Waals surface area contributed by atoms with Crippen molar-refractivity contribution in [1.29, 1.82) is 0 Å². The first-order valence-electron chi connectivity index (χ1n) is 4.26. The van der Waals surface area contributed by atoms with Gasteiger partial charge in [-0.3, -0.25) is 10.1 Å². The van der Waals surface area contributed by atoms with Gasteiger partial charge >= 0.3 is 4.32 Å². The van der Waals surface area contributed by atoms with Crippen LogP contribution in [0.25, 0.3) is 0 Å². The number of nitrogens with zero attached hydrogens (tertiary/aromatic N) is 1. The van der Waals surface area contributed by atoms with Crippen LogP contribution in [0.3, 0.4) is 0 Å². The highest BCUT2D eigenvalue weighted by Gasteiger charge is 2.32. The van der Waals surface area contributed by atoms with Crippen LogP contribution in [0.1, 0.15) is 0 Å². The van der Waals surface area contributed by atoms with Gasteiger partial charge in [-0.15, -0.1) is 10.5 Å². The molecule has 0 atom stereocenters. The highest BCUT2D eigenvalue weighted by molar-refractivity contribution is 8.29. The van der Waals surface area contributed by atoms with Gasteiger partial charge in [0.05, 0.1) is 9.82 Å². The van der Waals surface area contributed by atoms with Gasteiger partial charge in [-0.2, -0.15) is 0 Å². The molecule has 0 fully saturated rings. The van der Waals surface area contributed by atoms with Crippen LogP contribution in [0.15, 0.2) is 35.2 Å². The Bertz CT molecular complexity index is 530. The van der Waals surface area contributed by atoms with E-state index in [0.29, 0.717) is 0 Å². The van der Waals surface area contributed by atoms with Crippen molar-refractivity contribution in [3.05, 3.63) is 40.4 Å². The Morgan fingerprint density at radius 1 is 1.25 bits per heavy atom. The summed E-state index contributed by atoms with van der Waals surface area (Å²) in [6.45, 7) is 0. The van der Waals surface area contributed by atoms with Gasteiger partial charge in [-0.05, 0) is 24.6 Å². The van der Waals surface area contributed by atoms with E-state index in [0.717, 1.165) is 0 Å². The third-order valence-electron chi connectivity index (χ3n) is 1.78. The zero-order valence-corrected chi connectivity index (χ0v) is 10.4. The molecule has 1 aromatic rings. The molecule has 0 aliphatic carbocycles. The van der Waals surface area contributed by atoms with Crippen molar-refractivity contribution in [3.63, 3.8) is 0 Å². The lowest BCUT2D eigenvalue weighted by atomic mass is 10.4. The van der Waals surface area contributed by atoms with Crippen LogP contribution in [0.4, 0.5) is 0 Å². The average Bonchev–Trinajstić information content (AvgIpc) is 2.17. The van der Waals surface area contributed by atoms with Crippen molar-refractivity contribution in [2.75, 3.05) is 12.5 Å². The molecule has 0 bridgehead atoms. The van der Waals surface area contributed by atoms with E-state index >= 15 is 0 Å². The molecule has 0 N–H and O–H groups in total. The maximum Gasteiger partial charge on any atom is 0.388 e. The first-order chi connectivity index (χ1) is 7.37. The van der Waals surface area contributed by atoms with Crippen molar-refractivity contribution >= 4 is 24.6 Å². The van der Waals surface area contributed by atoms with Gasteiger partial charge in [0.25, 0.3) is 9.84 Å². The molecule has 0 radical (unpaired) electrons. The summed E-state index contributed by atoms with van der Waals surface area (Å²) in [6, 6.07) is 7.43. The van der Waals surface area contributed by atoms with Crippen molar-refractivity contribution in [3.8, 4) is 0 Å². The Morgan fingerprint density at radius 3 is 2.12 bits per heavy atom. The van der Waals surface area contributed by atoms with Crippen LogP contribution in [-0.4, -0.2) is 30.2 Å². The van der Waals surface area contributed by atoms with E-state index in [1.165, 1.54) is 36.8 Å². The zero-order valence-electron chi connectivity index (χ0n) is 8.78. The van der Waals surface area contributed by atoms with Gasteiger partial charge in [0.1, 0.15) is 0 Å². The van der Waals surface area contributed by atoms with Gasteiger partial charge < -0.3 is 0 Å². The SMILES string of the molecule is CS(C)=C([N+](=O)[O-])S(=O)(=O)c1ccccc1. The third-order valence-corrected chi connectivity index (χ3v) is 5.79. The lowest BCUT2D eigenvalue weighted by molar-refractivity contribution is -0.339. The highest BCUT2D eigenvalue weighted by Crippen LogP contribution is 2.18. The molecule has 1 rings (SSSR count). The number of benzene rings is 1. The van der Waals surface area contributed by atoms with E-state index in [4.69, 9.17) is 0 Å². The van der Waals surface area contributed by atoms with E-state index < -0.39 is 29.6 Å². The summed E-state index contributed by atoms with van der Waals surface area (Å²) in [5, 5.41) is 10.8. The van der Waals surface area contributed by atoms with Crippen molar-refractivity contribution in [2.24, 2.45) is 0 Å². The van der Waals surface area contributed by atoms with Crippen LogP contribution >= 0.6 is 10.5 Å². The van der Waals surface area contributed by atoms with Crippen molar-refractivity contribution < 1.29 is 13.3 Å². The lowest BCUT2D eigenvalue weighted by Crippen LogP contribution is -2.23. The number of rotatable bonds is 1. The number of hydrogen-bond donors (Lipinski definition) is 0. The first-order valence-corrected chi connectivity index (χ1v) is 7.79. The second-order valence-electron chi connectivity index (χ2n) is 3.16. The van der Waals surface area contributed by atoms with Gasteiger partial charge in [-0.1, -0.05) is 18.2 Å². The fourth-order valence-electron chi connectivity index (χ4n) is 1.17. The summed E-state index contributed by atoms with van der Waals surface area (Å²) in [6.07, 6.45) is 3.03. The zero-order chi connectivity index (χ0) is 12.3. The molecular formula is C9H11NO4S2. The topological polar surface area (TPSA) is 77.3 Å². The summed E-state index contributed by atoms with van der Waals surface area (Å²) in [5.41, 5.74) is 0. The average molecular weight is 261 g/mol. The maximum atomic E-state index is 11.9. The summed E-state index contributed by atoms with van der Waals surface area (Å²) in [5.74, 6) is 0. The Hall–Kier alpha value is -1.21. The number of hydrogen-bond acceptors (Lipinski definition) is 4. The van der Waals surface area contributed by atoms with E-state index in [-0.39, 0.29) is 4.90 Å². The molecule has 7 heteroatoms. The summed E-state index contributed by atoms with van der Waals surface area (Å²) in [4.78, 5) is 9.90. The lowest BCUT2D eigenvalue weighted by Gasteiger charge is -2.03. The highest BCUT2D eigenvalue weighted by atomic mass is 32.2. The summed E-state index contributed by atoms with van der Waals surface area (Å²) >= 11 is 0. The van der Waals surface area contributed by atoms with Crippen LogP contribution in [0.2, 0.25) is 0 Å². The number of nitro groups is 1. The standard InChI is InChI=1S/C9H11NO4S2/c1-15(2)9(10(11)12)16(13,14)8-6-4-3-5-7-8/h3-7H,1-2H3. The molecule has 1 aromatic carbocycles. The summed E-state index contributed by atoms with van der Waals surface area (Å²) < 4.78 is 23.2. The van der Waals surface area contributed by atoms with Gasteiger partial charge in [0.15, 0.2) is 0 Å². The molecule has 0 aliphatic rings. The van der Waals surface area contributed by atoms with Crippen molar-refractivity contribution in [1.82, 2.24) is 0 Å². The molecule has 0 spiro atoms. The monoisotopic (exact) mass is 261 g/mol. The van der Waals surface area contributed by atoms with E-state index in [2.05, 4.69) is 0 Å². The predicted octanol–water partition coefficient (Wildman–Crippen LogP) is 1.35. The van der Waals surface area contributed by atoms with Gasteiger partial charge in [0.2, 0.25) is 0 Å². The molecular weight excluding hydrogens is 250 g/mol. The second kappa shape index (κ2) is 4.75. The maximum absolute atomic E-state index is 11.9. The molecule has 5 nitrogen and oxygen atoms in total. The molecule has 0 amide bonds. The van der Waals surface area contributed by atoms with Crippen LogP contribution in [-0.2, 0) is 9.84 Å². The third kappa shape index (κ3) is 2.48. The van der Waals surface area contributed by atoms with Crippen LogP contribution in [0, 0.1) is 10.1 Å². The van der Waals surface area contributed by atoms with Gasteiger partial charge in [-0.25, -0.2) is 8.42 Å². The van der Waals surface area contributed by atoms with Crippen LogP contribution < -0.4 is 0 Å². The minimum atomic E-state index is -3.97. The molecule has 0 aromatic heterocycles. The molecule has 0 unspecified atom stereocenters. The van der Waals surface area contributed by atoms with Crippen LogP contribution in [0.5, 0.6) is 0 Å². The first kappa shape index (κ1) is 12.9. The quantitative estimate of drug-likeness (QED) is 0.434. The fourth-order valence-corrected chi connectivity index (χ4v) is 4.42. The number of sulfone groups is 1. The van der Waals surface area contributed by atoms with Crippen molar-refractivity contribution in [2.45, 2.75) is 4.90 Å². The Kier molecular flexibility index (Phi) is 3.82. The second-order valence-corrected chi connectivity index (χ2v) is 7.30. The minimum Gasteiger partial charge on any atom is -0.257 e. The largest absolute Gasteiger partial charge is 0.388 e. The van der Waals surface area contributed by atoms with E-state index in [1.807, 2.05) is 0 Å². The fraction of sp³-hybridized carbons (Fsp3) is 0.222. The Labute approximate surface area is 96.1 Å². The van der Waals surface area contributed by atoms with Gasteiger partial charge in [0, 0.05) is 0 Å². The predicted molar refractivity (Wildman–Crippen MR) is 65.1 cm³/mol. The van der Waals surface area contributed by atoms with E-state index in [1.54, 1.807) is 6.07 Å². The molecule has 88 valence electrons. The molecule has 16 heavy (non-hydrogen) atoms. The smallest absolute Gasteiger partial charge is 0.257 e. The normalized spacial score (nSPS) is 11.4. The molecule has 0 aliphatic heterocycles. The molecule has 0 saturated heterocycles.